The lowest BCUT2D eigenvalue weighted by Crippen LogP contribution is -2.49. The van der Waals surface area contributed by atoms with Gasteiger partial charge in [-0.2, -0.15) is 0 Å². The molecule has 0 aliphatic heterocycles. The van der Waals surface area contributed by atoms with E-state index in [1.165, 1.54) is 18.3 Å². The molecule has 0 saturated carbocycles. The molecule has 0 aliphatic carbocycles. The summed E-state index contributed by atoms with van der Waals surface area (Å²) in [6, 6.07) is 14.3. The maximum absolute atomic E-state index is 14.4. The first kappa shape index (κ1) is 22.9. The number of ether oxygens (including phenoxy) is 1. The van der Waals surface area contributed by atoms with E-state index in [2.05, 4.69) is 15.6 Å². The second-order valence-corrected chi connectivity index (χ2v) is 7.83. The first-order valence-corrected chi connectivity index (χ1v) is 10.3. The van der Waals surface area contributed by atoms with Crippen LogP contribution in [0.25, 0.3) is 0 Å². The number of carbonyl (C=O) groups is 2. The Kier molecular flexibility index (Phi) is 7.54. The molecule has 2 amide bonds. The minimum Gasteiger partial charge on any atom is -0.453 e. The fourth-order valence-corrected chi connectivity index (χ4v) is 3.04. The van der Waals surface area contributed by atoms with Crippen LogP contribution in [0.3, 0.4) is 0 Å². The molecule has 3 aromatic rings. The second kappa shape index (κ2) is 10.5. The average Bonchev–Trinajstić information content (AvgIpc) is 2.78. The van der Waals surface area contributed by atoms with Gasteiger partial charge in [0.2, 0.25) is 5.91 Å². The Labute approximate surface area is 186 Å². The molecule has 0 aliphatic rings. The smallest absolute Gasteiger partial charge is 0.251 e. The number of hydrogen-bond donors (Lipinski definition) is 2. The van der Waals surface area contributed by atoms with Gasteiger partial charge < -0.3 is 15.4 Å². The van der Waals surface area contributed by atoms with E-state index in [1.807, 2.05) is 32.9 Å². The molecule has 2 N–H and O–H groups in total. The highest BCUT2D eigenvalue weighted by molar-refractivity contribution is 5.97. The van der Waals surface area contributed by atoms with E-state index in [4.69, 9.17) is 4.74 Å². The summed E-state index contributed by atoms with van der Waals surface area (Å²) in [4.78, 5) is 29.2. The minimum absolute atomic E-state index is 0.0681. The third kappa shape index (κ3) is 6.14. The molecule has 166 valence electrons. The monoisotopic (exact) mass is 435 g/mol. The molecule has 1 atom stereocenters. The van der Waals surface area contributed by atoms with Gasteiger partial charge in [-0.1, -0.05) is 37.6 Å². The van der Waals surface area contributed by atoms with E-state index in [-0.39, 0.29) is 30.0 Å². The molecule has 6 nitrogen and oxygen atoms in total. The molecule has 3 rings (SSSR count). The van der Waals surface area contributed by atoms with Crippen LogP contribution in [0.2, 0.25) is 0 Å². The van der Waals surface area contributed by atoms with Crippen molar-refractivity contribution in [1.29, 1.82) is 0 Å². The van der Waals surface area contributed by atoms with Gasteiger partial charge in [0.25, 0.3) is 5.91 Å². The van der Waals surface area contributed by atoms with Crippen LogP contribution in [0.15, 0.2) is 67.0 Å². The lowest BCUT2D eigenvalue weighted by Gasteiger charge is -2.22. The van der Waals surface area contributed by atoms with Crippen LogP contribution in [0.4, 0.5) is 4.39 Å². The van der Waals surface area contributed by atoms with Crippen molar-refractivity contribution in [2.75, 3.05) is 0 Å². The Morgan fingerprint density at radius 2 is 1.84 bits per heavy atom. The number of hydrogen-bond acceptors (Lipinski definition) is 4. The summed E-state index contributed by atoms with van der Waals surface area (Å²) in [5, 5.41) is 5.56. The number of amides is 2. The van der Waals surface area contributed by atoms with E-state index in [0.717, 1.165) is 5.56 Å². The summed E-state index contributed by atoms with van der Waals surface area (Å²) in [7, 11) is 0. The van der Waals surface area contributed by atoms with Crippen molar-refractivity contribution < 1.29 is 18.7 Å². The van der Waals surface area contributed by atoms with Crippen molar-refractivity contribution in [2.24, 2.45) is 5.92 Å². The number of benzene rings is 2. The van der Waals surface area contributed by atoms with Crippen molar-refractivity contribution in [2.45, 2.75) is 33.4 Å². The van der Waals surface area contributed by atoms with E-state index in [9.17, 15) is 14.0 Å². The second-order valence-electron chi connectivity index (χ2n) is 7.83. The minimum atomic E-state index is -0.721. The lowest BCUT2D eigenvalue weighted by molar-refractivity contribution is -0.124. The van der Waals surface area contributed by atoms with Crippen LogP contribution in [0.1, 0.15) is 35.3 Å². The summed E-state index contributed by atoms with van der Waals surface area (Å²) < 4.78 is 19.9. The predicted octanol–water partition coefficient (Wildman–Crippen LogP) is 4.39. The fraction of sp³-hybridized carbons (Fsp3) is 0.240. The van der Waals surface area contributed by atoms with Crippen molar-refractivity contribution in [3.63, 3.8) is 0 Å². The van der Waals surface area contributed by atoms with Crippen molar-refractivity contribution in [3.8, 4) is 11.5 Å². The first-order valence-electron chi connectivity index (χ1n) is 10.3. The van der Waals surface area contributed by atoms with Crippen LogP contribution >= 0.6 is 0 Å². The Balaban J connectivity index is 1.60. The zero-order valence-corrected chi connectivity index (χ0v) is 18.3. The fourth-order valence-electron chi connectivity index (χ4n) is 3.04. The molecule has 32 heavy (non-hydrogen) atoms. The van der Waals surface area contributed by atoms with Gasteiger partial charge in [-0.15, -0.1) is 0 Å². The molecule has 0 spiro atoms. The zero-order valence-electron chi connectivity index (χ0n) is 18.3. The Morgan fingerprint density at radius 1 is 1.09 bits per heavy atom. The molecular formula is C25H26FN3O3. The van der Waals surface area contributed by atoms with Crippen LogP contribution < -0.4 is 15.4 Å². The Hall–Kier alpha value is -3.74. The van der Waals surface area contributed by atoms with E-state index >= 15 is 0 Å². The maximum Gasteiger partial charge on any atom is 0.251 e. The lowest BCUT2D eigenvalue weighted by atomic mass is 10.0. The highest BCUT2D eigenvalue weighted by Gasteiger charge is 2.24. The van der Waals surface area contributed by atoms with E-state index < -0.39 is 11.9 Å². The number of carbonyl (C=O) groups excluding carboxylic acids is 2. The normalized spacial score (nSPS) is 11.7. The van der Waals surface area contributed by atoms with Crippen molar-refractivity contribution in [3.05, 3.63) is 89.5 Å². The molecular weight excluding hydrogens is 409 g/mol. The molecule has 1 unspecified atom stereocenters. The van der Waals surface area contributed by atoms with Gasteiger partial charge in [-0.3, -0.25) is 14.6 Å². The number of aromatic nitrogens is 1. The topological polar surface area (TPSA) is 80.3 Å². The quantitative estimate of drug-likeness (QED) is 0.550. The Morgan fingerprint density at radius 3 is 2.47 bits per heavy atom. The largest absolute Gasteiger partial charge is 0.453 e. The number of nitrogens with zero attached hydrogens (tertiary/aromatic N) is 1. The Bertz CT molecular complexity index is 1070. The number of aryl methyl sites for hydroxylation is 1. The van der Waals surface area contributed by atoms with E-state index in [1.54, 1.807) is 36.5 Å². The molecule has 0 radical (unpaired) electrons. The summed E-state index contributed by atoms with van der Waals surface area (Å²) >= 11 is 0. The standard InChI is InChI=1S/C25H26FN3O3/c1-16(2)23(29-24(30)19-9-6-17(3)7-10-19)25(31)28-14-18-8-11-22(21(26)13-18)32-20-5-4-12-27-15-20/h4-13,15-16,23H,14H2,1-3H3,(H,28,31)(H,29,30). The summed E-state index contributed by atoms with van der Waals surface area (Å²) in [6.07, 6.45) is 3.09. The number of halogens is 1. The number of nitrogens with one attached hydrogen (secondary N) is 2. The molecule has 0 bridgehead atoms. The third-order valence-electron chi connectivity index (χ3n) is 4.87. The van der Waals surface area contributed by atoms with Gasteiger partial charge in [-0.05, 0) is 54.8 Å². The first-order chi connectivity index (χ1) is 15.3. The van der Waals surface area contributed by atoms with E-state index in [0.29, 0.717) is 16.9 Å². The van der Waals surface area contributed by atoms with Crippen molar-refractivity contribution >= 4 is 11.8 Å². The van der Waals surface area contributed by atoms with Crippen LogP contribution in [0, 0.1) is 18.7 Å². The van der Waals surface area contributed by atoms with Crippen LogP contribution in [-0.4, -0.2) is 22.8 Å². The van der Waals surface area contributed by atoms with Gasteiger partial charge in [0.05, 0.1) is 6.20 Å². The average molecular weight is 435 g/mol. The summed E-state index contributed by atoms with van der Waals surface area (Å²) in [5.41, 5.74) is 2.10. The summed E-state index contributed by atoms with van der Waals surface area (Å²) in [6.45, 7) is 5.76. The predicted molar refractivity (Wildman–Crippen MR) is 120 cm³/mol. The van der Waals surface area contributed by atoms with Gasteiger partial charge in [0.1, 0.15) is 11.8 Å². The zero-order chi connectivity index (χ0) is 23.1. The molecule has 0 fully saturated rings. The number of pyridine rings is 1. The van der Waals surface area contributed by atoms with Gasteiger partial charge in [-0.25, -0.2) is 4.39 Å². The van der Waals surface area contributed by atoms with Gasteiger partial charge in [0, 0.05) is 18.3 Å². The van der Waals surface area contributed by atoms with Gasteiger partial charge in [0.15, 0.2) is 11.6 Å². The molecule has 1 aromatic heterocycles. The molecule has 7 heteroatoms. The maximum atomic E-state index is 14.4. The highest BCUT2D eigenvalue weighted by Crippen LogP contribution is 2.24. The molecule has 1 heterocycles. The SMILES string of the molecule is Cc1ccc(C(=O)NC(C(=O)NCc2ccc(Oc3cccnc3)c(F)c2)C(C)C)cc1. The van der Waals surface area contributed by atoms with Crippen LogP contribution in [-0.2, 0) is 11.3 Å². The third-order valence-corrected chi connectivity index (χ3v) is 4.87. The highest BCUT2D eigenvalue weighted by atomic mass is 19.1. The number of rotatable bonds is 8. The van der Waals surface area contributed by atoms with Crippen LogP contribution in [0.5, 0.6) is 11.5 Å². The van der Waals surface area contributed by atoms with Gasteiger partial charge >= 0.3 is 0 Å². The summed E-state index contributed by atoms with van der Waals surface area (Å²) in [5.74, 6) is -0.835. The molecule has 0 saturated heterocycles. The molecule has 2 aromatic carbocycles. The van der Waals surface area contributed by atoms with Crippen molar-refractivity contribution in [1.82, 2.24) is 15.6 Å².